The van der Waals surface area contributed by atoms with Crippen molar-refractivity contribution in [3.05, 3.63) is 53.6 Å². The minimum absolute atomic E-state index is 0.0203. The van der Waals surface area contributed by atoms with Crippen LogP contribution in [0.1, 0.15) is 57.1 Å². The van der Waals surface area contributed by atoms with Gasteiger partial charge in [0.05, 0.1) is 14.2 Å². The Morgan fingerprint density at radius 1 is 0.906 bits per heavy atom. The molecule has 5 nitrogen and oxygen atoms in total. The lowest BCUT2D eigenvalue weighted by Crippen LogP contribution is -2.36. The van der Waals surface area contributed by atoms with Crippen molar-refractivity contribution in [1.29, 1.82) is 0 Å². The molecular weight excluding hydrogens is 400 g/mol. The monoisotopic (exact) mass is 438 g/mol. The second-order valence-corrected chi connectivity index (χ2v) is 8.90. The molecule has 0 fully saturated rings. The van der Waals surface area contributed by atoms with Crippen LogP contribution in [0.3, 0.4) is 0 Å². The van der Waals surface area contributed by atoms with Crippen LogP contribution in [0.15, 0.2) is 42.5 Å². The molecule has 1 aliphatic heterocycles. The first-order valence-corrected chi connectivity index (χ1v) is 11.9. The van der Waals surface area contributed by atoms with Crippen molar-refractivity contribution < 1.29 is 14.3 Å². The standard InChI is InChI=1S/C27H38N2O3/c1-21(2)27(30)29-18-11-7-5-6-10-17-28(19-22-13-8-9-15-24(22)29)20-23-14-12-16-25(31-3)26(23)32-4/h8-9,12-16,21H,5-7,10-11,17-20H2,1-4H3. The highest BCUT2D eigenvalue weighted by Crippen LogP contribution is 2.33. The first kappa shape index (κ1) is 24.1. The lowest BCUT2D eigenvalue weighted by Gasteiger charge is -2.30. The highest BCUT2D eigenvalue weighted by Gasteiger charge is 2.22. The summed E-state index contributed by atoms with van der Waals surface area (Å²) in [6.07, 6.45) is 5.81. The Bertz CT molecular complexity index is 881. The molecule has 0 saturated heterocycles. The fourth-order valence-corrected chi connectivity index (χ4v) is 4.48. The summed E-state index contributed by atoms with van der Waals surface area (Å²) < 4.78 is 11.2. The minimum atomic E-state index is -0.0203. The van der Waals surface area contributed by atoms with Crippen molar-refractivity contribution in [2.24, 2.45) is 5.92 Å². The van der Waals surface area contributed by atoms with Crippen LogP contribution in [0.4, 0.5) is 5.69 Å². The molecule has 2 aromatic rings. The van der Waals surface area contributed by atoms with Crippen molar-refractivity contribution >= 4 is 11.6 Å². The fraction of sp³-hybridized carbons (Fsp3) is 0.519. The molecule has 1 heterocycles. The van der Waals surface area contributed by atoms with Crippen LogP contribution in [0.25, 0.3) is 0 Å². The number of carbonyl (C=O) groups excluding carboxylic acids is 1. The van der Waals surface area contributed by atoms with E-state index >= 15 is 0 Å². The quantitative estimate of drug-likeness (QED) is 0.604. The SMILES string of the molecule is COc1cccc(CN2CCCCCCCN(C(=O)C(C)C)c3ccccc3C2)c1OC. The van der Waals surface area contributed by atoms with Gasteiger partial charge in [-0.15, -0.1) is 0 Å². The summed E-state index contributed by atoms with van der Waals surface area (Å²) in [7, 11) is 3.37. The Hall–Kier alpha value is -2.53. The minimum Gasteiger partial charge on any atom is -0.493 e. The molecule has 32 heavy (non-hydrogen) atoms. The molecule has 0 saturated carbocycles. The molecule has 2 aromatic carbocycles. The van der Waals surface area contributed by atoms with Crippen LogP contribution in [0.5, 0.6) is 11.5 Å². The van der Waals surface area contributed by atoms with Crippen molar-refractivity contribution in [3.63, 3.8) is 0 Å². The Morgan fingerprint density at radius 2 is 1.62 bits per heavy atom. The van der Waals surface area contributed by atoms with Crippen LogP contribution in [0.2, 0.25) is 0 Å². The number of nitrogens with zero attached hydrogens (tertiary/aromatic N) is 2. The maximum Gasteiger partial charge on any atom is 0.229 e. The van der Waals surface area contributed by atoms with Gasteiger partial charge in [0.2, 0.25) is 5.91 Å². The summed E-state index contributed by atoms with van der Waals surface area (Å²) in [6.45, 7) is 7.33. The van der Waals surface area contributed by atoms with Crippen molar-refractivity contribution in [1.82, 2.24) is 4.90 Å². The summed E-state index contributed by atoms with van der Waals surface area (Å²) in [5.74, 6) is 1.74. The van der Waals surface area contributed by atoms with Gasteiger partial charge in [-0.05, 0) is 37.1 Å². The first-order valence-electron chi connectivity index (χ1n) is 11.9. The number of para-hydroxylation sites is 2. The van der Waals surface area contributed by atoms with E-state index in [9.17, 15) is 4.79 Å². The predicted molar refractivity (Wildman–Crippen MR) is 130 cm³/mol. The van der Waals surface area contributed by atoms with E-state index < -0.39 is 0 Å². The van der Waals surface area contributed by atoms with Gasteiger partial charge in [-0.25, -0.2) is 0 Å². The normalized spacial score (nSPS) is 16.1. The zero-order chi connectivity index (χ0) is 22.9. The smallest absolute Gasteiger partial charge is 0.229 e. The van der Waals surface area contributed by atoms with Crippen LogP contribution in [-0.4, -0.2) is 38.1 Å². The molecule has 1 aliphatic rings. The van der Waals surface area contributed by atoms with E-state index in [1.54, 1.807) is 14.2 Å². The molecular formula is C27H38N2O3. The number of carbonyl (C=O) groups is 1. The first-order chi connectivity index (χ1) is 15.5. The van der Waals surface area contributed by atoms with Gasteiger partial charge in [-0.1, -0.05) is 63.4 Å². The Morgan fingerprint density at radius 3 is 2.34 bits per heavy atom. The van der Waals surface area contributed by atoms with Crippen molar-refractivity contribution in [2.75, 3.05) is 32.2 Å². The molecule has 3 rings (SSSR count). The van der Waals surface area contributed by atoms with Gasteiger partial charge in [-0.3, -0.25) is 9.69 Å². The van der Waals surface area contributed by atoms with E-state index in [0.29, 0.717) is 0 Å². The lowest BCUT2D eigenvalue weighted by molar-refractivity contribution is -0.121. The number of methoxy groups -OCH3 is 2. The number of anilines is 1. The number of amides is 1. The van der Waals surface area contributed by atoms with Crippen LogP contribution < -0.4 is 14.4 Å². The third-order valence-electron chi connectivity index (χ3n) is 6.17. The van der Waals surface area contributed by atoms with Crippen LogP contribution in [0, 0.1) is 5.92 Å². The maximum atomic E-state index is 13.1. The fourth-order valence-electron chi connectivity index (χ4n) is 4.48. The largest absolute Gasteiger partial charge is 0.493 e. The summed E-state index contributed by atoms with van der Waals surface area (Å²) in [5.41, 5.74) is 3.37. The molecule has 0 N–H and O–H groups in total. The molecule has 0 aliphatic carbocycles. The zero-order valence-corrected chi connectivity index (χ0v) is 20.1. The second-order valence-electron chi connectivity index (χ2n) is 8.90. The molecule has 5 heteroatoms. The summed E-state index contributed by atoms with van der Waals surface area (Å²) >= 11 is 0. The van der Waals surface area contributed by atoms with E-state index in [4.69, 9.17) is 9.47 Å². The second kappa shape index (κ2) is 11.9. The number of hydrogen-bond acceptors (Lipinski definition) is 4. The molecule has 0 unspecified atom stereocenters. The van der Waals surface area contributed by atoms with E-state index in [1.807, 2.05) is 36.9 Å². The van der Waals surface area contributed by atoms with Crippen molar-refractivity contribution in [2.45, 2.75) is 59.0 Å². The number of ether oxygens (including phenoxy) is 2. The average molecular weight is 439 g/mol. The topological polar surface area (TPSA) is 42.0 Å². The molecule has 0 atom stereocenters. The van der Waals surface area contributed by atoms with Crippen LogP contribution >= 0.6 is 0 Å². The maximum absolute atomic E-state index is 13.1. The number of rotatable bonds is 5. The van der Waals surface area contributed by atoms with E-state index in [2.05, 4.69) is 29.2 Å². The van der Waals surface area contributed by atoms with Gasteiger partial charge in [0.25, 0.3) is 0 Å². The molecule has 0 bridgehead atoms. The third kappa shape index (κ3) is 6.04. The van der Waals surface area contributed by atoms with Crippen LogP contribution in [-0.2, 0) is 17.9 Å². The Kier molecular flexibility index (Phi) is 8.98. The van der Waals surface area contributed by atoms with Gasteiger partial charge >= 0.3 is 0 Å². The van der Waals surface area contributed by atoms with E-state index in [-0.39, 0.29) is 11.8 Å². The third-order valence-corrected chi connectivity index (χ3v) is 6.17. The number of benzene rings is 2. The van der Waals surface area contributed by atoms with Gasteiger partial charge in [0, 0.05) is 36.8 Å². The van der Waals surface area contributed by atoms with Crippen molar-refractivity contribution in [3.8, 4) is 11.5 Å². The average Bonchev–Trinajstić information content (AvgIpc) is 2.79. The van der Waals surface area contributed by atoms with Gasteiger partial charge < -0.3 is 14.4 Å². The molecule has 0 aromatic heterocycles. The molecule has 174 valence electrons. The Labute approximate surface area is 193 Å². The van der Waals surface area contributed by atoms with E-state index in [0.717, 1.165) is 61.8 Å². The summed E-state index contributed by atoms with van der Waals surface area (Å²) in [4.78, 5) is 17.6. The number of hydrogen-bond donors (Lipinski definition) is 0. The molecule has 0 radical (unpaired) electrons. The summed E-state index contributed by atoms with van der Waals surface area (Å²) in [5, 5.41) is 0. The zero-order valence-electron chi connectivity index (χ0n) is 20.1. The highest BCUT2D eigenvalue weighted by molar-refractivity contribution is 5.95. The van der Waals surface area contributed by atoms with Gasteiger partial charge in [-0.2, -0.15) is 0 Å². The lowest BCUT2D eigenvalue weighted by atomic mass is 10.0. The summed E-state index contributed by atoms with van der Waals surface area (Å²) in [6, 6.07) is 14.4. The molecule has 1 amide bonds. The predicted octanol–water partition coefficient (Wildman–Crippen LogP) is 5.66. The van der Waals surface area contributed by atoms with Gasteiger partial charge in [0.15, 0.2) is 11.5 Å². The molecule has 0 spiro atoms. The Balaban J connectivity index is 1.93. The van der Waals surface area contributed by atoms with Gasteiger partial charge in [0.1, 0.15) is 0 Å². The van der Waals surface area contributed by atoms with E-state index in [1.165, 1.54) is 24.8 Å². The number of fused-ring (bicyclic) bond motifs is 1. The highest BCUT2D eigenvalue weighted by atomic mass is 16.5.